The standard InChI is InChI=1S/C29H40N2O2/c1-3-5-6-7-8-9-10-11-12-13-24-21-30-28(31-22-24)25-16-18-27(19-17-25)33-29(32)26-15-14-23(4-2)20-26/h16-23H,3-15H2,1-2H3. The van der Waals surface area contributed by atoms with Crippen molar-refractivity contribution >= 4 is 5.97 Å². The fourth-order valence-electron chi connectivity index (χ4n) is 4.40. The van der Waals surface area contributed by atoms with Crippen LogP contribution >= 0.6 is 0 Å². The van der Waals surface area contributed by atoms with Gasteiger partial charge in [0.15, 0.2) is 5.82 Å². The highest BCUT2D eigenvalue weighted by atomic mass is 16.5. The predicted octanol–water partition coefficient (Wildman–Crippen LogP) is 7.87. The van der Waals surface area contributed by atoms with Crippen molar-refractivity contribution in [3.05, 3.63) is 53.9 Å². The number of carbonyl (C=O) groups excluding carboxylic acids is 1. The maximum absolute atomic E-state index is 12.4. The Labute approximate surface area is 199 Å². The second kappa shape index (κ2) is 13.9. The van der Waals surface area contributed by atoms with Gasteiger partial charge in [-0.2, -0.15) is 0 Å². The first-order chi connectivity index (χ1) is 16.2. The molecule has 0 bridgehead atoms. The average Bonchev–Trinajstić information content (AvgIpc) is 3.34. The molecule has 0 amide bonds. The summed E-state index contributed by atoms with van der Waals surface area (Å²) in [5.41, 5.74) is 2.93. The van der Waals surface area contributed by atoms with E-state index in [0.29, 0.717) is 17.5 Å². The highest BCUT2D eigenvalue weighted by Crippen LogP contribution is 2.28. The van der Waals surface area contributed by atoms with Crippen molar-refractivity contribution in [2.24, 2.45) is 5.92 Å². The first-order valence-corrected chi connectivity index (χ1v) is 13.0. The van der Waals surface area contributed by atoms with Gasteiger partial charge in [-0.3, -0.25) is 0 Å². The molecule has 0 saturated heterocycles. The third-order valence-corrected chi connectivity index (χ3v) is 6.61. The third-order valence-electron chi connectivity index (χ3n) is 6.61. The van der Waals surface area contributed by atoms with Gasteiger partial charge >= 0.3 is 5.97 Å². The van der Waals surface area contributed by atoms with Crippen LogP contribution in [0.15, 0.2) is 48.3 Å². The van der Waals surface area contributed by atoms with Gasteiger partial charge in [0.2, 0.25) is 0 Å². The van der Waals surface area contributed by atoms with E-state index in [1.165, 1.54) is 63.4 Å². The lowest BCUT2D eigenvalue weighted by molar-refractivity contribution is -0.130. The number of allylic oxidation sites excluding steroid dienone is 1. The lowest BCUT2D eigenvalue weighted by atomic mass is 10.1. The normalized spacial score (nSPS) is 15.5. The summed E-state index contributed by atoms with van der Waals surface area (Å²) in [5, 5.41) is 0. The number of esters is 1. The summed E-state index contributed by atoms with van der Waals surface area (Å²) in [6.07, 6.45) is 22.0. The van der Waals surface area contributed by atoms with Gasteiger partial charge in [-0.1, -0.05) is 71.3 Å². The van der Waals surface area contributed by atoms with Gasteiger partial charge in [-0.15, -0.1) is 0 Å². The zero-order valence-corrected chi connectivity index (χ0v) is 20.5. The molecule has 0 spiro atoms. The van der Waals surface area contributed by atoms with Crippen molar-refractivity contribution in [2.45, 2.75) is 97.3 Å². The average molecular weight is 449 g/mol. The maximum atomic E-state index is 12.4. The van der Waals surface area contributed by atoms with Crippen LogP contribution in [-0.4, -0.2) is 15.9 Å². The Bertz CT molecular complexity index is 871. The molecule has 1 heterocycles. The molecule has 0 saturated carbocycles. The van der Waals surface area contributed by atoms with E-state index in [-0.39, 0.29) is 5.97 Å². The zero-order valence-electron chi connectivity index (χ0n) is 20.5. The highest BCUT2D eigenvalue weighted by Gasteiger charge is 2.21. The van der Waals surface area contributed by atoms with E-state index >= 15 is 0 Å². The van der Waals surface area contributed by atoms with Crippen LogP contribution in [0, 0.1) is 5.92 Å². The molecule has 1 unspecified atom stereocenters. The van der Waals surface area contributed by atoms with E-state index < -0.39 is 0 Å². The second-order valence-corrected chi connectivity index (χ2v) is 9.31. The summed E-state index contributed by atoms with van der Waals surface area (Å²) in [6.45, 7) is 4.42. The molecule has 3 rings (SSSR count). The van der Waals surface area contributed by atoms with Crippen LogP contribution in [0.1, 0.15) is 96.5 Å². The first-order valence-electron chi connectivity index (χ1n) is 13.0. The van der Waals surface area contributed by atoms with E-state index in [1.54, 1.807) is 0 Å². The molecular weight excluding hydrogens is 408 g/mol. The number of aromatic nitrogens is 2. The minimum absolute atomic E-state index is 0.226. The Balaban J connectivity index is 1.39. The molecule has 178 valence electrons. The van der Waals surface area contributed by atoms with Gasteiger partial charge in [-0.25, -0.2) is 14.8 Å². The molecule has 0 aliphatic heterocycles. The molecular formula is C29H40N2O2. The molecule has 1 atom stereocenters. The molecule has 4 heteroatoms. The van der Waals surface area contributed by atoms with Gasteiger partial charge < -0.3 is 4.74 Å². The van der Waals surface area contributed by atoms with Crippen LogP contribution < -0.4 is 4.74 Å². The summed E-state index contributed by atoms with van der Waals surface area (Å²) >= 11 is 0. The van der Waals surface area contributed by atoms with Crippen molar-refractivity contribution in [1.29, 1.82) is 0 Å². The van der Waals surface area contributed by atoms with E-state index in [4.69, 9.17) is 4.74 Å². The molecule has 0 N–H and O–H groups in total. The minimum Gasteiger partial charge on any atom is -0.423 e. The number of carbonyl (C=O) groups is 1. The molecule has 1 aliphatic carbocycles. The smallest absolute Gasteiger partial charge is 0.339 e. The molecule has 2 aromatic rings. The Morgan fingerprint density at radius 1 is 0.909 bits per heavy atom. The van der Waals surface area contributed by atoms with Gasteiger partial charge in [-0.05, 0) is 67.9 Å². The summed E-state index contributed by atoms with van der Waals surface area (Å²) < 4.78 is 5.55. The monoisotopic (exact) mass is 448 g/mol. The predicted molar refractivity (Wildman–Crippen MR) is 135 cm³/mol. The second-order valence-electron chi connectivity index (χ2n) is 9.31. The molecule has 4 nitrogen and oxygen atoms in total. The summed E-state index contributed by atoms with van der Waals surface area (Å²) in [5.74, 6) is 1.55. The lowest BCUT2D eigenvalue weighted by Crippen LogP contribution is -2.09. The van der Waals surface area contributed by atoms with Crippen molar-refractivity contribution in [1.82, 2.24) is 9.97 Å². The largest absolute Gasteiger partial charge is 0.423 e. The number of rotatable bonds is 14. The summed E-state index contributed by atoms with van der Waals surface area (Å²) in [4.78, 5) is 21.4. The van der Waals surface area contributed by atoms with E-state index in [1.807, 2.05) is 36.7 Å². The van der Waals surface area contributed by atoms with Crippen molar-refractivity contribution in [2.75, 3.05) is 0 Å². The molecule has 0 radical (unpaired) electrons. The summed E-state index contributed by atoms with van der Waals surface area (Å²) in [6, 6.07) is 7.46. The number of aryl methyl sites for hydroxylation is 1. The zero-order chi connectivity index (χ0) is 23.3. The number of hydrogen-bond donors (Lipinski definition) is 0. The molecule has 33 heavy (non-hydrogen) atoms. The number of unbranched alkanes of at least 4 members (excludes halogenated alkanes) is 8. The number of benzene rings is 1. The Morgan fingerprint density at radius 3 is 2.15 bits per heavy atom. The minimum atomic E-state index is -0.226. The van der Waals surface area contributed by atoms with E-state index in [0.717, 1.165) is 36.8 Å². The lowest BCUT2D eigenvalue weighted by Gasteiger charge is -2.06. The maximum Gasteiger partial charge on any atom is 0.339 e. The Morgan fingerprint density at radius 2 is 1.55 bits per heavy atom. The van der Waals surface area contributed by atoms with Crippen LogP contribution in [0.2, 0.25) is 0 Å². The molecule has 1 aromatic carbocycles. The van der Waals surface area contributed by atoms with Gasteiger partial charge in [0.05, 0.1) is 0 Å². The topological polar surface area (TPSA) is 52.1 Å². The quantitative estimate of drug-likeness (QED) is 0.168. The first kappa shape index (κ1) is 25.1. The Kier molecular flexibility index (Phi) is 10.6. The van der Waals surface area contributed by atoms with Crippen LogP contribution in [0.5, 0.6) is 5.75 Å². The van der Waals surface area contributed by atoms with E-state index in [2.05, 4.69) is 29.9 Å². The molecule has 0 fully saturated rings. The number of ether oxygens (including phenoxy) is 1. The van der Waals surface area contributed by atoms with Crippen molar-refractivity contribution in [3.63, 3.8) is 0 Å². The van der Waals surface area contributed by atoms with Crippen LogP contribution in [0.3, 0.4) is 0 Å². The van der Waals surface area contributed by atoms with Gasteiger partial charge in [0.1, 0.15) is 5.75 Å². The third kappa shape index (κ3) is 8.42. The number of hydrogen-bond acceptors (Lipinski definition) is 4. The van der Waals surface area contributed by atoms with Crippen molar-refractivity contribution in [3.8, 4) is 17.1 Å². The van der Waals surface area contributed by atoms with Gasteiger partial charge in [0.25, 0.3) is 0 Å². The molecule has 1 aromatic heterocycles. The highest BCUT2D eigenvalue weighted by molar-refractivity contribution is 5.90. The SMILES string of the molecule is CCCCCCCCCCCc1cnc(-c2ccc(OC(=O)C3=CC(CC)CC3)cc2)nc1. The van der Waals surface area contributed by atoms with Gasteiger partial charge in [0, 0.05) is 23.5 Å². The fraction of sp³-hybridized carbons (Fsp3) is 0.552. The molecule has 1 aliphatic rings. The van der Waals surface area contributed by atoms with E-state index in [9.17, 15) is 4.79 Å². The number of nitrogens with zero attached hydrogens (tertiary/aromatic N) is 2. The van der Waals surface area contributed by atoms with Crippen molar-refractivity contribution < 1.29 is 9.53 Å². The Hall–Kier alpha value is -2.49. The van der Waals surface area contributed by atoms with Crippen LogP contribution in [-0.2, 0) is 11.2 Å². The summed E-state index contributed by atoms with van der Waals surface area (Å²) in [7, 11) is 0. The van der Waals surface area contributed by atoms with Crippen LogP contribution in [0.25, 0.3) is 11.4 Å². The van der Waals surface area contributed by atoms with Crippen LogP contribution in [0.4, 0.5) is 0 Å². The fourth-order valence-corrected chi connectivity index (χ4v) is 4.40.